The molecule has 0 fully saturated rings. The van der Waals surface area contributed by atoms with Crippen LogP contribution in [0.5, 0.6) is 23.0 Å². The fourth-order valence-corrected chi connectivity index (χ4v) is 2.58. The molecule has 0 saturated heterocycles. The van der Waals surface area contributed by atoms with Crippen molar-refractivity contribution in [1.29, 1.82) is 0 Å². The predicted molar refractivity (Wildman–Crippen MR) is 73.9 cm³/mol. The first-order valence-corrected chi connectivity index (χ1v) is 6.02. The fourth-order valence-electron chi connectivity index (χ4n) is 2.58. The molecule has 0 saturated carbocycles. The zero-order valence-electron chi connectivity index (χ0n) is 11.6. The van der Waals surface area contributed by atoms with E-state index in [1.54, 1.807) is 0 Å². The van der Waals surface area contributed by atoms with Crippen molar-refractivity contribution in [3.05, 3.63) is 33.0 Å². The Labute approximate surface area is 167 Å². The second-order valence-electron chi connectivity index (χ2n) is 4.77. The van der Waals surface area contributed by atoms with Crippen LogP contribution in [0, 0.1) is 0 Å². The molecule has 23 heavy (non-hydrogen) atoms. The second-order valence-corrected chi connectivity index (χ2v) is 4.77. The van der Waals surface area contributed by atoms with Gasteiger partial charge in [-0.3, -0.25) is 0 Å². The summed E-state index contributed by atoms with van der Waals surface area (Å²) in [5.74, 6) is -2.75. The normalized spacial score (nSPS) is 11.3. The second kappa shape index (κ2) is 5.11. The minimum absolute atomic E-state index is 0. The maximum absolute atomic E-state index is 12.0. The van der Waals surface area contributed by atoms with Crippen molar-refractivity contribution in [3.8, 4) is 23.0 Å². The summed E-state index contributed by atoms with van der Waals surface area (Å²) in [7, 11) is 0. The number of phenolic OH excluding ortho intramolecular Hbond substituents is 4. The molecule has 0 unspecified atom stereocenters. The summed E-state index contributed by atoms with van der Waals surface area (Å²) in [5.41, 5.74) is -2.70. The van der Waals surface area contributed by atoms with Gasteiger partial charge in [0.15, 0.2) is 22.7 Å². The van der Waals surface area contributed by atoms with Gasteiger partial charge in [0.05, 0.1) is 10.8 Å². The first-order valence-electron chi connectivity index (χ1n) is 6.02. The van der Waals surface area contributed by atoms with Crippen LogP contribution in [0.15, 0.2) is 30.6 Å². The summed E-state index contributed by atoms with van der Waals surface area (Å²) < 4.78 is 9.87. The summed E-state index contributed by atoms with van der Waals surface area (Å²) >= 11 is 0. The van der Waals surface area contributed by atoms with Crippen LogP contribution >= 0.6 is 0 Å². The Morgan fingerprint density at radius 1 is 0.696 bits per heavy atom. The van der Waals surface area contributed by atoms with Gasteiger partial charge in [-0.2, -0.15) is 0 Å². The Kier molecular flexibility index (Phi) is 3.58. The van der Waals surface area contributed by atoms with E-state index < -0.39 is 45.4 Å². The molecule has 9 heteroatoms. The summed E-state index contributed by atoms with van der Waals surface area (Å²) in [4.78, 5) is 24.0. The average molecular weight is 341 g/mol. The minimum Gasteiger partial charge on any atom is -0.504 e. The first kappa shape index (κ1) is 16.1. The van der Waals surface area contributed by atoms with Crippen molar-refractivity contribution >= 4 is 32.7 Å². The maximum Gasteiger partial charge on any atom is 1.00 e. The molecule has 4 aromatic rings. The topological polar surface area (TPSA) is 141 Å². The third-order valence-corrected chi connectivity index (χ3v) is 3.55. The summed E-state index contributed by atoms with van der Waals surface area (Å²) in [6.45, 7) is 0. The fraction of sp³-hybridized carbons (Fsp3) is 0. The molecule has 0 atom stereocenters. The minimum atomic E-state index is -0.941. The van der Waals surface area contributed by atoms with Gasteiger partial charge in [0.2, 0.25) is 11.5 Å². The number of hydrogen-bond acceptors (Lipinski definition) is 8. The quantitative estimate of drug-likeness (QED) is 0.129. The number of hydrogen-bond donors (Lipinski definition) is 4. The van der Waals surface area contributed by atoms with Crippen molar-refractivity contribution in [2.45, 2.75) is 0 Å². The van der Waals surface area contributed by atoms with Crippen LogP contribution < -0.4 is 62.6 Å². The van der Waals surface area contributed by atoms with Crippen molar-refractivity contribution in [2.24, 2.45) is 0 Å². The molecule has 110 valence electrons. The van der Waals surface area contributed by atoms with E-state index in [0.29, 0.717) is 0 Å². The predicted octanol–water partition coefficient (Wildman–Crippen LogP) is -1.68. The largest absolute Gasteiger partial charge is 1.00 e. The summed E-state index contributed by atoms with van der Waals surface area (Å²) in [6, 6.07) is 1.93. The van der Waals surface area contributed by atoms with Gasteiger partial charge in [-0.1, -0.05) is 0 Å². The summed E-state index contributed by atoms with van der Waals surface area (Å²) in [6.07, 6.45) is 0. The molecule has 2 aromatic heterocycles. The standard InChI is InChI=1S/C14H6O8.K/c15-5-1-3-7-8-4(14(20)22-11(7)9(5)17)2-6(16)10(18)12(8)21-13(3)19;/h1-2,15-18H;/q;+1. The van der Waals surface area contributed by atoms with Crippen LogP contribution in [0.25, 0.3) is 32.7 Å². The molecule has 0 aliphatic carbocycles. The molecule has 2 aromatic carbocycles. The summed E-state index contributed by atoms with van der Waals surface area (Å²) in [5, 5.41) is 38.7. The van der Waals surface area contributed by atoms with Gasteiger partial charge in [-0.25, -0.2) is 9.59 Å². The Balaban J connectivity index is 0.00000156. The Morgan fingerprint density at radius 2 is 1.04 bits per heavy atom. The van der Waals surface area contributed by atoms with Crippen LogP contribution in [0.3, 0.4) is 0 Å². The van der Waals surface area contributed by atoms with Gasteiger partial charge in [-0.05, 0) is 12.1 Å². The zero-order valence-corrected chi connectivity index (χ0v) is 14.7. The molecular weight excluding hydrogens is 335 g/mol. The molecule has 0 amide bonds. The van der Waals surface area contributed by atoms with Gasteiger partial charge >= 0.3 is 62.6 Å². The van der Waals surface area contributed by atoms with Crippen LogP contribution in [0.1, 0.15) is 0 Å². The monoisotopic (exact) mass is 341 g/mol. The van der Waals surface area contributed by atoms with E-state index >= 15 is 0 Å². The van der Waals surface area contributed by atoms with Crippen molar-refractivity contribution in [3.63, 3.8) is 0 Å². The molecular formula is C14H6KO8+. The third kappa shape index (κ3) is 1.98. The number of phenols is 4. The van der Waals surface area contributed by atoms with Crippen LogP contribution in [-0.4, -0.2) is 20.4 Å². The zero-order chi connectivity index (χ0) is 15.8. The van der Waals surface area contributed by atoms with Gasteiger partial charge < -0.3 is 29.3 Å². The molecule has 0 bridgehead atoms. The van der Waals surface area contributed by atoms with E-state index in [-0.39, 0.29) is 72.9 Å². The van der Waals surface area contributed by atoms with Crippen molar-refractivity contribution < 1.29 is 80.6 Å². The van der Waals surface area contributed by atoms with Crippen LogP contribution in [0.2, 0.25) is 0 Å². The first-order chi connectivity index (χ1) is 10.4. The average Bonchev–Trinajstić information content (AvgIpc) is 2.47. The Bertz CT molecular complexity index is 1110. The van der Waals surface area contributed by atoms with Crippen LogP contribution in [-0.2, 0) is 0 Å². The van der Waals surface area contributed by atoms with Crippen molar-refractivity contribution in [2.75, 3.05) is 0 Å². The Hall–Kier alpha value is -1.78. The van der Waals surface area contributed by atoms with E-state index in [2.05, 4.69) is 0 Å². The molecule has 0 radical (unpaired) electrons. The smallest absolute Gasteiger partial charge is 0.504 e. The number of aromatic hydroxyl groups is 4. The number of rotatable bonds is 0. The van der Waals surface area contributed by atoms with E-state index in [0.717, 1.165) is 12.1 Å². The van der Waals surface area contributed by atoms with E-state index in [9.17, 15) is 30.0 Å². The van der Waals surface area contributed by atoms with E-state index in [1.807, 2.05) is 0 Å². The van der Waals surface area contributed by atoms with Gasteiger partial charge in [0, 0.05) is 10.8 Å². The molecule has 0 aliphatic rings. The van der Waals surface area contributed by atoms with E-state index in [4.69, 9.17) is 8.83 Å². The SMILES string of the molecule is O=c1oc2c(O)c(O)cc3c(=O)oc4c(O)c(O)cc1c4c23.[K+]. The number of benzene rings is 2. The third-order valence-electron chi connectivity index (χ3n) is 3.55. The molecule has 8 nitrogen and oxygen atoms in total. The molecule has 2 heterocycles. The maximum atomic E-state index is 12.0. The van der Waals surface area contributed by atoms with Crippen LogP contribution in [0.4, 0.5) is 0 Å². The van der Waals surface area contributed by atoms with Gasteiger partial charge in [-0.15, -0.1) is 0 Å². The molecule has 4 N–H and O–H groups in total. The van der Waals surface area contributed by atoms with Gasteiger partial charge in [0.1, 0.15) is 0 Å². The molecule has 0 spiro atoms. The molecule has 4 rings (SSSR count). The van der Waals surface area contributed by atoms with E-state index in [1.165, 1.54) is 0 Å². The van der Waals surface area contributed by atoms with Crippen molar-refractivity contribution in [1.82, 2.24) is 0 Å². The Morgan fingerprint density at radius 3 is 1.39 bits per heavy atom. The molecule has 0 aliphatic heterocycles. The van der Waals surface area contributed by atoms with Gasteiger partial charge in [0.25, 0.3) is 0 Å².